The molecule has 1 aromatic carbocycles. The molecule has 0 spiro atoms. The van der Waals surface area contributed by atoms with Gasteiger partial charge in [-0.15, -0.1) is 0 Å². The maximum Gasteiger partial charge on any atom is 0.434 e. The lowest BCUT2D eigenvalue weighted by Crippen LogP contribution is -2.19. The quantitative estimate of drug-likeness (QED) is 0.247. The molecular formula is C23H25F3N3O5P. The summed E-state index contributed by atoms with van der Waals surface area (Å²) >= 11 is 0. The van der Waals surface area contributed by atoms with Crippen LogP contribution in [0, 0.1) is 0 Å². The van der Waals surface area contributed by atoms with Crippen LogP contribution in [0.4, 0.5) is 13.2 Å². The van der Waals surface area contributed by atoms with Gasteiger partial charge in [-0.2, -0.15) is 18.3 Å². The average molecular weight is 511 g/mol. The van der Waals surface area contributed by atoms with Crippen LogP contribution in [0.25, 0.3) is 17.1 Å². The van der Waals surface area contributed by atoms with Crippen LogP contribution in [-0.4, -0.2) is 40.6 Å². The highest BCUT2D eigenvalue weighted by atomic mass is 31.2. The van der Waals surface area contributed by atoms with E-state index in [1.807, 2.05) is 0 Å². The highest BCUT2D eigenvalue weighted by molar-refractivity contribution is 7.53. The molecule has 188 valence electrons. The van der Waals surface area contributed by atoms with Crippen molar-refractivity contribution in [2.45, 2.75) is 33.1 Å². The molecule has 0 fully saturated rings. The van der Waals surface area contributed by atoms with Crippen molar-refractivity contribution in [2.24, 2.45) is 0 Å². The number of alkyl halides is 3. The Labute approximate surface area is 200 Å². The van der Waals surface area contributed by atoms with Crippen LogP contribution in [-0.2, 0) is 30.7 Å². The molecule has 0 saturated carbocycles. The van der Waals surface area contributed by atoms with Crippen molar-refractivity contribution >= 4 is 13.6 Å². The fourth-order valence-electron chi connectivity index (χ4n) is 3.48. The molecule has 0 aliphatic heterocycles. The Morgan fingerprint density at radius 3 is 2.31 bits per heavy atom. The Hall–Kier alpha value is -3.01. The van der Waals surface area contributed by atoms with Gasteiger partial charge >= 0.3 is 19.7 Å². The van der Waals surface area contributed by atoms with E-state index in [4.69, 9.17) is 13.8 Å². The Bertz CT molecular complexity index is 1220. The summed E-state index contributed by atoms with van der Waals surface area (Å²) in [5.74, 6) is -1.28. The van der Waals surface area contributed by atoms with E-state index in [1.165, 1.54) is 19.1 Å². The molecule has 8 nitrogen and oxygen atoms in total. The Balaban J connectivity index is 2.08. The summed E-state index contributed by atoms with van der Waals surface area (Å²) in [6.07, 6.45) is -4.13. The predicted molar refractivity (Wildman–Crippen MR) is 122 cm³/mol. The number of pyridine rings is 1. The molecule has 0 radical (unpaired) electrons. The molecule has 2 heterocycles. The summed E-state index contributed by atoms with van der Waals surface area (Å²) in [6, 6.07) is 11.4. The van der Waals surface area contributed by atoms with Crippen molar-refractivity contribution in [2.75, 3.05) is 19.8 Å². The lowest BCUT2D eigenvalue weighted by atomic mass is 10.1. The third kappa shape index (κ3) is 6.17. The third-order valence-electron chi connectivity index (χ3n) is 4.79. The first-order chi connectivity index (χ1) is 16.6. The first kappa shape index (κ1) is 26.6. The standard InChI is InChI=1S/C23H25F3N3O5P/c1-4-32-22(30)18-14-27-29(21(18)23(24,25)26)20-13-9-12-19(28-20)17-11-8-7-10-16(17)15-35(31,33-5-2)34-6-3/h7-14H,4-6,15H2,1-3H3. The second-order valence-corrected chi connectivity index (χ2v) is 9.23. The number of carbonyl (C=O) groups is 1. The molecule has 0 aliphatic carbocycles. The zero-order chi connectivity index (χ0) is 25.6. The number of rotatable bonds is 10. The smallest absolute Gasteiger partial charge is 0.434 e. The number of ether oxygens (including phenoxy) is 1. The second kappa shape index (κ2) is 11.2. The fourth-order valence-corrected chi connectivity index (χ4v) is 5.22. The van der Waals surface area contributed by atoms with E-state index in [1.54, 1.807) is 44.2 Å². The van der Waals surface area contributed by atoms with Gasteiger partial charge in [0.25, 0.3) is 0 Å². The van der Waals surface area contributed by atoms with Crippen molar-refractivity contribution in [1.82, 2.24) is 14.8 Å². The van der Waals surface area contributed by atoms with Crippen LogP contribution in [0.15, 0.2) is 48.7 Å². The Morgan fingerprint density at radius 2 is 1.69 bits per heavy atom. The van der Waals surface area contributed by atoms with Gasteiger partial charge in [0.1, 0.15) is 5.56 Å². The van der Waals surface area contributed by atoms with E-state index < -0.39 is 31.0 Å². The molecule has 3 aromatic rings. The van der Waals surface area contributed by atoms with Gasteiger partial charge in [-0.05, 0) is 38.5 Å². The summed E-state index contributed by atoms with van der Waals surface area (Å²) in [5.41, 5.74) is -0.544. The van der Waals surface area contributed by atoms with Crippen LogP contribution in [0.1, 0.15) is 42.4 Å². The Kier molecular flexibility index (Phi) is 8.47. The molecule has 0 atom stereocenters. The topological polar surface area (TPSA) is 92.5 Å². The molecule has 2 aromatic heterocycles. The van der Waals surface area contributed by atoms with Gasteiger partial charge in [0.05, 0.1) is 37.9 Å². The number of hydrogen-bond donors (Lipinski definition) is 0. The van der Waals surface area contributed by atoms with E-state index in [0.717, 1.165) is 6.20 Å². The molecule has 0 N–H and O–H groups in total. The maximum absolute atomic E-state index is 13.9. The molecule has 12 heteroatoms. The van der Waals surface area contributed by atoms with Crippen molar-refractivity contribution in [3.8, 4) is 17.1 Å². The van der Waals surface area contributed by atoms with E-state index in [-0.39, 0.29) is 31.8 Å². The first-order valence-corrected chi connectivity index (χ1v) is 12.6. The molecule has 0 aliphatic rings. The molecule has 3 rings (SSSR count). The van der Waals surface area contributed by atoms with Crippen LogP contribution in [0.3, 0.4) is 0 Å². The van der Waals surface area contributed by atoms with Crippen LogP contribution >= 0.6 is 7.60 Å². The normalized spacial score (nSPS) is 12.1. The van der Waals surface area contributed by atoms with Crippen molar-refractivity contribution in [3.05, 3.63) is 65.5 Å². The SMILES string of the molecule is CCOC(=O)c1cnn(-c2cccc(-c3ccccc3CP(=O)(OCC)OCC)n2)c1C(F)(F)F. The summed E-state index contributed by atoms with van der Waals surface area (Å²) in [6.45, 7) is 5.20. The second-order valence-electron chi connectivity index (χ2n) is 7.18. The van der Waals surface area contributed by atoms with Gasteiger partial charge in [-0.1, -0.05) is 30.3 Å². The van der Waals surface area contributed by atoms with E-state index in [9.17, 15) is 22.5 Å². The minimum absolute atomic E-state index is 0.0423. The van der Waals surface area contributed by atoms with Crippen LogP contribution in [0.2, 0.25) is 0 Å². The monoisotopic (exact) mass is 511 g/mol. The summed E-state index contributed by atoms with van der Waals surface area (Å²) in [5, 5.41) is 3.77. The predicted octanol–water partition coefficient (Wildman–Crippen LogP) is 5.90. The van der Waals surface area contributed by atoms with Crippen molar-refractivity contribution in [1.29, 1.82) is 0 Å². The minimum Gasteiger partial charge on any atom is -0.462 e. The van der Waals surface area contributed by atoms with Gasteiger partial charge in [0.2, 0.25) is 0 Å². The number of carbonyl (C=O) groups excluding carboxylic acids is 1. The average Bonchev–Trinajstić information content (AvgIpc) is 3.26. The number of esters is 1. The zero-order valence-corrected chi connectivity index (χ0v) is 20.3. The molecule has 0 bridgehead atoms. The van der Waals surface area contributed by atoms with Gasteiger partial charge < -0.3 is 13.8 Å². The highest BCUT2D eigenvalue weighted by Crippen LogP contribution is 2.52. The summed E-state index contributed by atoms with van der Waals surface area (Å²) in [7, 11) is -3.45. The minimum atomic E-state index is -4.89. The fraction of sp³-hybridized carbons (Fsp3) is 0.348. The van der Waals surface area contributed by atoms with Crippen LogP contribution in [0.5, 0.6) is 0 Å². The van der Waals surface area contributed by atoms with E-state index >= 15 is 0 Å². The number of halogens is 3. The first-order valence-electron chi connectivity index (χ1n) is 10.9. The highest BCUT2D eigenvalue weighted by Gasteiger charge is 2.41. The van der Waals surface area contributed by atoms with Crippen LogP contribution < -0.4 is 0 Å². The molecular weight excluding hydrogens is 486 g/mol. The zero-order valence-electron chi connectivity index (χ0n) is 19.4. The van der Waals surface area contributed by atoms with Gasteiger partial charge in [-0.25, -0.2) is 14.5 Å². The van der Waals surface area contributed by atoms with Crippen molar-refractivity contribution in [3.63, 3.8) is 0 Å². The number of hydrogen-bond acceptors (Lipinski definition) is 7. The van der Waals surface area contributed by atoms with E-state index in [0.29, 0.717) is 21.5 Å². The maximum atomic E-state index is 13.9. The van der Waals surface area contributed by atoms with Gasteiger partial charge in [0.15, 0.2) is 11.5 Å². The number of benzene rings is 1. The lowest BCUT2D eigenvalue weighted by Gasteiger charge is -2.19. The molecule has 0 unspecified atom stereocenters. The van der Waals surface area contributed by atoms with Crippen molar-refractivity contribution < 1.29 is 36.3 Å². The summed E-state index contributed by atoms with van der Waals surface area (Å²) < 4.78 is 70.8. The summed E-state index contributed by atoms with van der Waals surface area (Å²) in [4.78, 5) is 16.4. The third-order valence-corrected chi connectivity index (χ3v) is 6.82. The lowest BCUT2D eigenvalue weighted by molar-refractivity contribution is -0.143. The van der Waals surface area contributed by atoms with Gasteiger partial charge in [-0.3, -0.25) is 4.57 Å². The van der Waals surface area contributed by atoms with Gasteiger partial charge in [0, 0.05) is 5.56 Å². The Morgan fingerprint density at radius 1 is 1.00 bits per heavy atom. The molecule has 0 saturated heterocycles. The number of nitrogens with zero attached hydrogens (tertiary/aromatic N) is 3. The number of aromatic nitrogens is 3. The molecule has 0 amide bonds. The largest absolute Gasteiger partial charge is 0.462 e. The molecule has 35 heavy (non-hydrogen) atoms. The van der Waals surface area contributed by atoms with E-state index in [2.05, 4.69) is 10.1 Å².